The lowest BCUT2D eigenvalue weighted by Gasteiger charge is -2.16. The van der Waals surface area contributed by atoms with Crippen molar-refractivity contribution in [2.45, 2.75) is 26.0 Å². The lowest BCUT2D eigenvalue weighted by molar-refractivity contribution is -0.122. The molecule has 25 heavy (non-hydrogen) atoms. The summed E-state index contributed by atoms with van der Waals surface area (Å²) in [6.45, 7) is 4.13. The number of rotatable bonds is 8. The zero-order chi connectivity index (χ0) is 18.1. The van der Waals surface area contributed by atoms with Crippen molar-refractivity contribution >= 4 is 18.0 Å². The van der Waals surface area contributed by atoms with E-state index in [1.165, 1.54) is 0 Å². The summed E-state index contributed by atoms with van der Waals surface area (Å²) in [6.07, 6.45) is 0.0184. The van der Waals surface area contributed by atoms with Gasteiger partial charge in [0.2, 0.25) is 5.91 Å². The van der Waals surface area contributed by atoms with Crippen LogP contribution in [0.25, 0.3) is 0 Å². The van der Waals surface area contributed by atoms with Crippen LogP contribution in [-0.2, 0) is 16.1 Å². The Balaban J connectivity index is 1.59. The average Bonchev–Trinajstić information content (AvgIpc) is 3.02. The molecule has 1 fully saturated rings. The minimum atomic E-state index is -0.696. The molecule has 1 aliphatic heterocycles. The molecule has 1 heterocycles. The molecular weight excluding hydrogens is 324 g/mol. The first-order chi connectivity index (χ1) is 12.1. The van der Waals surface area contributed by atoms with Gasteiger partial charge in [-0.1, -0.05) is 30.3 Å². The predicted molar refractivity (Wildman–Crippen MR) is 91.8 cm³/mol. The maximum absolute atomic E-state index is 11.9. The second-order valence-corrected chi connectivity index (χ2v) is 5.79. The molecule has 4 amide bonds. The van der Waals surface area contributed by atoms with E-state index in [1.807, 2.05) is 30.3 Å². The number of hydrogen-bond donors (Lipinski definition) is 3. The first kappa shape index (κ1) is 18.6. The lowest BCUT2D eigenvalue weighted by atomic mass is 10.2. The smallest absolute Gasteiger partial charge is 0.408 e. The molecule has 2 rings (SSSR count). The maximum atomic E-state index is 11.9. The van der Waals surface area contributed by atoms with Crippen LogP contribution in [0.5, 0.6) is 0 Å². The number of benzene rings is 1. The highest BCUT2D eigenvalue weighted by Gasteiger charge is 2.19. The van der Waals surface area contributed by atoms with Gasteiger partial charge in [-0.3, -0.25) is 4.79 Å². The monoisotopic (exact) mass is 348 g/mol. The van der Waals surface area contributed by atoms with Crippen LogP contribution in [0.3, 0.4) is 0 Å². The zero-order valence-corrected chi connectivity index (χ0v) is 14.3. The summed E-state index contributed by atoms with van der Waals surface area (Å²) in [4.78, 5) is 36.7. The Labute approximate surface area is 146 Å². The number of amides is 4. The summed E-state index contributed by atoms with van der Waals surface area (Å²) in [5, 5.41) is 7.95. The molecule has 0 unspecified atom stereocenters. The molecule has 1 atom stereocenters. The van der Waals surface area contributed by atoms with Gasteiger partial charge in [0, 0.05) is 26.2 Å². The molecule has 0 aromatic heterocycles. The number of nitrogens with one attached hydrogen (secondary N) is 3. The van der Waals surface area contributed by atoms with Crippen LogP contribution in [0.1, 0.15) is 18.9 Å². The van der Waals surface area contributed by atoms with Gasteiger partial charge in [-0.2, -0.15) is 0 Å². The van der Waals surface area contributed by atoms with E-state index in [0.717, 1.165) is 5.56 Å². The molecule has 8 heteroatoms. The molecule has 1 aromatic rings. The van der Waals surface area contributed by atoms with E-state index >= 15 is 0 Å². The average molecular weight is 348 g/mol. The van der Waals surface area contributed by atoms with Gasteiger partial charge in [-0.25, -0.2) is 9.59 Å². The number of alkyl carbamates (subject to hydrolysis) is 1. The Bertz CT molecular complexity index is 594. The molecule has 0 saturated carbocycles. The van der Waals surface area contributed by atoms with Crippen molar-refractivity contribution in [2.75, 3.05) is 26.2 Å². The zero-order valence-electron chi connectivity index (χ0n) is 14.3. The van der Waals surface area contributed by atoms with Crippen molar-refractivity contribution < 1.29 is 19.1 Å². The quantitative estimate of drug-likeness (QED) is 0.606. The largest absolute Gasteiger partial charge is 0.445 e. The van der Waals surface area contributed by atoms with Gasteiger partial charge in [0.15, 0.2) is 0 Å². The second kappa shape index (κ2) is 9.51. The molecule has 1 aliphatic rings. The second-order valence-electron chi connectivity index (χ2n) is 5.79. The van der Waals surface area contributed by atoms with E-state index in [0.29, 0.717) is 32.6 Å². The van der Waals surface area contributed by atoms with Crippen LogP contribution in [0.4, 0.5) is 9.59 Å². The molecular formula is C17H24N4O4. The molecule has 0 spiro atoms. The van der Waals surface area contributed by atoms with Gasteiger partial charge in [-0.15, -0.1) is 0 Å². The Morgan fingerprint density at radius 3 is 2.76 bits per heavy atom. The number of urea groups is 1. The van der Waals surface area contributed by atoms with Crippen molar-refractivity contribution in [2.24, 2.45) is 0 Å². The van der Waals surface area contributed by atoms with Gasteiger partial charge >= 0.3 is 12.1 Å². The lowest BCUT2D eigenvalue weighted by Crippen LogP contribution is -2.45. The van der Waals surface area contributed by atoms with Crippen molar-refractivity contribution in [1.29, 1.82) is 0 Å². The fourth-order valence-electron chi connectivity index (χ4n) is 2.37. The van der Waals surface area contributed by atoms with Crippen LogP contribution in [0.15, 0.2) is 30.3 Å². The van der Waals surface area contributed by atoms with E-state index in [-0.39, 0.29) is 18.5 Å². The summed E-state index contributed by atoms with van der Waals surface area (Å²) >= 11 is 0. The standard InChI is InChI=1S/C17H24N4O4/c1-13(20-17(24)25-12-14-6-3-2-4-7-14)15(22)18-8-5-10-21-11-9-19-16(21)23/h2-4,6-7,13H,5,8-12H2,1H3,(H,18,22)(H,19,23)(H,20,24)/t13-/m0/s1. The van der Waals surface area contributed by atoms with Crippen molar-refractivity contribution in [3.05, 3.63) is 35.9 Å². The molecule has 136 valence electrons. The van der Waals surface area contributed by atoms with Gasteiger partial charge in [-0.05, 0) is 18.9 Å². The molecule has 0 radical (unpaired) electrons. The van der Waals surface area contributed by atoms with Crippen LogP contribution in [-0.4, -0.2) is 55.2 Å². The highest BCUT2D eigenvalue weighted by molar-refractivity contribution is 5.85. The molecule has 0 aliphatic carbocycles. The molecule has 8 nitrogen and oxygen atoms in total. The normalized spacial score (nSPS) is 14.6. The van der Waals surface area contributed by atoms with Crippen molar-refractivity contribution in [1.82, 2.24) is 20.9 Å². The van der Waals surface area contributed by atoms with Gasteiger partial charge in [0.25, 0.3) is 0 Å². The highest BCUT2D eigenvalue weighted by Crippen LogP contribution is 2.01. The molecule has 0 bridgehead atoms. The summed E-state index contributed by atoms with van der Waals surface area (Å²) in [5.41, 5.74) is 0.876. The fraction of sp³-hybridized carbons (Fsp3) is 0.471. The van der Waals surface area contributed by atoms with Gasteiger partial charge in [0.1, 0.15) is 12.6 Å². The van der Waals surface area contributed by atoms with E-state index in [9.17, 15) is 14.4 Å². The first-order valence-electron chi connectivity index (χ1n) is 8.34. The van der Waals surface area contributed by atoms with Crippen molar-refractivity contribution in [3.63, 3.8) is 0 Å². The topological polar surface area (TPSA) is 99.8 Å². The predicted octanol–water partition coefficient (Wildman–Crippen LogP) is 0.833. The maximum Gasteiger partial charge on any atom is 0.408 e. The number of carbonyl (C=O) groups is 3. The minimum Gasteiger partial charge on any atom is -0.445 e. The number of hydrogen-bond acceptors (Lipinski definition) is 4. The van der Waals surface area contributed by atoms with E-state index < -0.39 is 12.1 Å². The number of ether oxygens (including phenoxy) is 1. The highest BCUT2D eigenvalue weighted by atomic mass is 16.5. The third-order valence-electron chi connectivity index (χ3n) is 3.79. The third-order valence-corrected chi connectivity index (χ3v) is 3.79. The Kier molecular flexibility index (Phi) is 7.06. The third kappa shape index (κ3) is 6.33. The number of carbonyl (C=O) groups excluding carboxylic acids is 3. The molecule has 3 N–H and O–H groups in total. The Morgan fingerprint density at radius 1 is 1.32 bits per heavy atom. The minimum absolute atomic E-state index is 0.0671. The van der Waals surface area contributed by atoms with Crippen LogP contribution in [0, 0.1) is 0 Å². The van der Waals surface area contributed by atoms with Crippen LogP contribution >= 0.6 is 0 Å². The fourth-order valence-corrected chi connectivity index (χ4v) is 2.37. The van der Waals surface area contributed by atoms with Gasteiger partial charge < -0.3 is 25.6 Å². The summed E-state index contributed by atoms with van der Waals surface area (Å²) in [6, 6.07) is 8.54. The Morgan fingerprint density at radius 2 is 2.08 bits per heavy atom. The first-order valence-corrected chi connectivity index (χ1v) is 8.34. The van der Waals surface area contributed by atoms with Crippen molar-refractivity contribution in [3.8, 4) is 0 Å². The van der Waals surface area contributed by atoms with Crippen LogP contribution in [0.2, 0.25) is 0 Å². The summed E-state index contributed by atoms with van der Waals surface area (Å²) < 4.78 is 5.07. The van der Waals surface area contributed by atoms with E-state index in [1.54, 1.807) is 11.8 Å². The van der Waals surface area contributed by atoms with Gasteiger partial charge in [0.05, 0.1) is 0 Å². The molecule has 1 saturated heterocycles. The van der Waals surface area contributed by atoms with E-state index in [4.69, 9.17) is 4.74 Å². The summed E-state index contributed by atoms with van der Waals surface area (Å²) in [5.74, 6) is -0.289. The van der Waals surface area contributed by atoms with E-state index in [2.05, 4.69) is 16.0 Å². The van der Waals surface area contributed by atoms with Crippen LogP contribution < -0.4 is 16.0 Å². The molecule has 1 aromatic carbocycles. The Hall–Kier alpha value is -2.77. The SMILES string of the molecule is C[C@H](NC(=O)OCc1ccccc1)C(=O)NCCCN1CCNC1=O. The number of nitrogens with zero attached hydrogens (tertiary/aromatic N) is 1. The summed E-state index contributed by atoms with van der Waals surface area (Å²) in [7, 11) is 0.